The van der Waals surface area contributed by atoms with Crippen LogP contribution in [0, 0.1) is 17.8 Å². The zero-order valence-electron chi connectivity index (χ0n) is 11.4. The maximum absolute atomic E-state index is 11.2. The number of nitrogens with zero attached hydrogens (tertiary/aromatic N) is 1. The summed E-state index contributed by atoms with van der Waals surface area (Å²) in [6, 6.07) is 0.491. The van der Waals surface area contributed by atoms with Gasteiger partial charge in [-0.3, -0.25) is 4.90 Å². The minimum atomic E-state index is -0.348. The summed E-state index contributed by atoms with van der Waals surface area (Å²) in [5, 5.41) is 11.2. The fraction of sp³-hybridized carbons (Fsp3) is 1.00. The molecule has 4 unspecified atom stereocenters. The lowest BCUT2D eigenvalue weighted by atomic mass is 9.67. The van der Waals surface area contributed by atoms with Gasteiger partial charge in [0.25, 0.3) is 0 Å². The van der Waals surface area contributed by atoms with Crippen LogP contribution < -0.4 is 0 Å². The molecule has 3 rings (SSSR count). The number of hydrogen-bond acceptors (Lipinski definition) is 2. The van der Waals surface area contributed by atoms with Gasteiger partial charge in [-0.2, -0.15) is 0 Å². The number of hydrogen-bond donors (Lipinski definition) is 1. The van der Waals surface area contributed by atoms with Gasteiger partial charge in [-0.05, 0) is 62.8 Å². The first-order chi connectivity index (χ1) is 8.09. The summed E-state index contributed by atoms with van der Waals surface area (Å²) < 4.78 is 0. The van der Waals surface area contributed by atoms with Gasteiger partial charge in [0.2, 0.25) is 0 Å². The lowest BCUT2D eigenvalue weighted by Crippen LogP contribution is -2.49. The summed E-state index contributed by atoms with van der Waals surface area (Å²) >= 11 is 0. The Morgan fingerprint density at radius 2 is 1.76 bits per heavy atom. The van der Waals surface area contributed by atoms with E-state index in [0.717, 1.165) is 24.8 Å². The molecule has 2 aliphatic heterocycles. The van der Waals surface area contributed by atoms with Crippen molar-refractivity contribution in [3.63, 3.8) is 0 Å². The molecule has 0 bridgehead atoms. The van der Waals surface area contributed by atoms with Gasteiger partial charge in [-0.1, -0.05) is 13.8 Å². The maximum Gasteiger partial charge on any atom is 0.0842 e. The lowest BCUT2D eigenvalue weighted by molar-refractivity contribution is -0.0657. The SMILES string of the molecule is CC1CC(C)CC(C2(O)CCN3CCCC32)C1. The second-order valence-electron chi connectivity index (χ2n) is 7.05. The van der Waals surface area contributed by atoms with E-state index in [1.54, 1.807) is 0 Å². The predicted molar refractivity (Wildman–Crippen MR) is 69.8 cm³/mol. The highest BCUT2D eigenvalue weighted by atomic mass is 16.3. The fourth-order valence-electron chi connectivity index (χ4n) is 4.98. The highest BCUT2D eigenvalue weighted by Gasteiger charge is 2.53. The molecule has 1 N–H and O–H groups in total. The van der Waals surface area contributed by atoms with E-state index in [0.29, 0.717) is 12.0 Å². The third-order valence-corrected chi connectivity index (χ3v) is 5.63. The Morgan fingerprint density at radius 1 is 1.06 bits per heavy atom. The number of rotatable bonds is 1. The van der Waals surface area contributed by atoms with Crippen LogP contribution >= 0.6 is 0 Å². The molecular weight excluding hydrogens is 210 g/mol. The van der Waals surface area contributed by atoms with Crippen LogP contribution in [0.3, 0.4) is 0 Å². The van der Waals surface area contributed by atoms with Gasteiger partial charge in [0.15, 0.2) is 0 Å². The predicted octanol–water partition coefficient (Wildman–Crippen LogP) is 2.66. The molecule has 0 aromatic carbocycles. The van der Waals surface area contributed by atoms with E-state index in [4.69, 9.17) is 0 Å². The first-order valence-electron chi connectivity index (χ1n) is 7.56. The van der Waals surface area contributed by atoms with Crippen LogP contribution in [-0.4, -0.2) is 34.7 Å². The molecule has 1 saturated carbocycles. The van der Waals surface area contributed by atoms with Gasteiger partial charge in [0, 0.05) is 12.6 Å². The third-order valence-electron chi connectivity index (χ3n) is 5.63. The van der Waals surface area contributed by atoms with E-state index in [2.05, 4.69) is 18.7 Å². The van der Waals surface area contributed by atoms with Crippen molar-refractivity contribution >= 4 is 0 Å². The smallest absolute Gasteiger partial charge is 0.0842 e. The molecule has 98 valence electrons. The molecule has 3 aliphatic rings. The van der Waals surface area contributed by atoms with Crippen molar-refractivity contribution in [2.24, 2.45) is 17.8 Å². The van der Waals surface area contributed by atoms with E-state index >= 15 is 0 Å². The first kappa shape index (κ1) is 12.0. The van der Waals surface area contributed by atoms with Gasteiger partial charge in [-0.25, -0.2) is 0 Å². The Bertz CT molecular complexity index is 283. The van der Waals surface area contributed by atoms with Crippen molar-refractivity contribution in [2.75, 3.05) is 13.1 Å². The van der Waals surface area contributed by atoms with Gasteiger partial charge in [-0.15, -0.1) is 0 Å². The van der Waals surface area contributed by atoms with E-state index in [1.807, 2.05) is 0 Å². The van der Waals surface area contributed by atoms with Crippen molar-refractivity contribution in [3.05, 3.63) is 0 Å². The molecule has 0 radical (unpaired) electrons. The number of fused-ring (bicyclic) bond motifs is 1. The largest absolute Gasteiger partial charge is 0.388 e. The van der Waals surface area contributed by atoms with Crippen molar-refractivity contribution < 1.29 is 5.11 Å². The summed E-state index contributed by atoms with van der Waals surface area (Å²) in [5.74, 6) is 2.18. The van der Waals surface area contributed by atoms with Crippen molar-refractivity contribution in [3.8, 4) is 0 Å². The Balaban J connectivity index is 1.78. The standard InChI is InChI=1S/C15H27NO/c1-11-8-12(2)10-13(9-11)15(17)5-7-16-6-3-4-14(15)16/h11-14,17H,3-10H2,1-2H3. The molecule has 1 aliphatic carbocycles. The third kappa shape index (κ3) is 1.94. The second kappa shape index (κ2) is 4.24. The van der Waals surface area contributed by atoms with E-state index < -0.39 is 0 Å². The molecule has 17 heavy (non-hydrogen) atoms. The summed E-state index contributed by atoms with van der Waals surface area (Å²) in [7, 11) is 0. The van der Waals surface area contributed by atoms with Crippen LogP contribution in [-0.2, 0) is 0 Å². The monoisotopic (exact) mass is 237 g/mol. The summed E-state index contributed by atoms with van der Waals surface area (Å²) in [4.78, 5) is 2.55. The number of aliphatic hydroxyl groups is 1. The summed E-state index contributed by atoms with van der Waals surface area (Å²) in [5.41, 5.74) is -0.348. The highest BCUT2D eigenvalue weighted by molar-refractivity contribution is 5.06. The Kier molecular flexibility index (Phi) is 2.99. The van der Waals surface area contributed by atoms with Gasteiger partial charge < -0.3 is 5.11 Å². The molecule has 0 amide bonds. The lowest BCUT2D eigenvalue weighted by Gasteiger charge is -2.43. The Morgan fingerprint density at radius 3 is 2.47 bits per heavy atom. The van der Waals surface area contributed by atoms with Crippen molar-refractivity contribution in [1.29, 1.82) is 0 Å². The van der Waals surface area contributed by atoms with Gasteiger partial charge in [0.05, 0.1) is 5.60 Å². The van der Waals surface area contributed by atoms with Gasteiger partial charge >= 0.3 is 0 Å². The first-order valence-corrected chi connectivity index (χ1v) is 7.56. The highest BCUT2D eigenvalue weighted by Crippen LogP contribution is 2.47. The zero-order chi connectivity index (χ0) is 12.0. The van der Waals surface area contributed by atoms with Crippen LogP contribution in [0.15, 0.2) is 0 Å². The molecule has 0 aromatic heterocycles. The minimum Gasteiger partial charge on any atom is -0.388 e. The maximum atomic E-state index is 11.2. The van der Waals surface area contributed by atoms with Crippen LogP contribution in [0.4, 0.5) is 0 Å². The molecular formula is C15H27NO. The molecule has 2 saturated heterocycles. The molecule has 3 fully saturated rings. The molecule has 0 spiro atoms. The zero-order valence-corrected chi connectivity index (χ0v) is 11.4. The van der Waals surface area contributed by atoms with Crippen molar-refractivity contribution in [1.82, 2.24) is 4.90 Å². The average Bonchev–Trinajstić information content (AvgIpc) is 2.82. The van der Waals surface area contributed by atoms with E-state index in [9.17, 15) is 5.11 Å². The van der Waals surface area contributed by atoms with Crippen LogP contribution in [0.25, 0.3) is 0 Å². The molecule has 2 nitrogen and oxygen atoms in total. The Labute approximate surface area is 105 Å². The normalized spacial score (nSPS) is 51.7. The molecule has 4 atom stereocenters. The van der Waals surface area contributed by atoms with Gasteiger partial charge in [0.1, 0.15) is 0 Å². The average molecular weight is 237 g/mol. The van der Waals surface area contributed by atoms with Crippen LogP contribution in [0.1, 0.15) is 52.4 Å². The van der Waals surface area contributed by atoms with Crippen LogP contribution in [0.5, 0.6) is 0 Å². The summed E-state index contributed by atoms with van der Waals surface area (Å²) in [6.07, 6.45) is 7.43. The van der Waals surface area contributed by atoms with Crippen LogP contribution in [0.2, 0.25) is 0 Å². The minimum absolute atomic E-state index is 0.348. The molecule has 2 heterocycles. The second-order valence-corrected chi connectivity index (χ2v) is 7.05. The fourth-order valence-corrected chi connectivity index (χ4v) is 4.98. The molecule has 0 aromatic rings. The topological polar surface area (TPSA) is 23.5 Å². The van der Waals surface area contributed by atoms with Crippen molar-refractivity contribution in [2.45, 2.75) is 64.0 Å². The van der Waals surface area contributed by atoms with E-state index in [1.165, 1.54) is 38.6 Å². The van der Waals surface area contributed by atoms with E-state index in [-0.39, 0.29) is 5.60 Å². The summed E-state index contributed by atoms with van der Waals surface area (Å²) in [6.45, 7) is 7.10. The Hall–Kier alpha value is -0.0800. The molecule has 2 heteroatoms. The quantitative estimate of drug-likeness (QED) is 0.758.